The smallest absolute Gasteiger partial charge is 0.255 e. The van der Waals surface area contributed by atoms with Crippen LogP contribution in [0.5, 0.6) is 0 Å². The maximum absolute atomic E-state index is 13.1. The Bertz CT molecular complexity index is 636. The molecule has 2 rings (SSSR count). The summed E-state index contributed by atoms with van der Waals surface area (Å²) in [7, 11) is 0. The monoisotopic (exact) mass is 326 g/mol. The molecule has 0 aliphatic rings. The van der Waals surface area contributed by atoms with Gasteiger partial charge in [0.15, 0.2) is 0 Å². The van der Waals surface area contributed by atoms with Crippen LogP contribution in [0.1, 0.15) is 17.3 Å². The fourth-order valence-electron chi connectivity index (χ4n) is 1.79. The van der Waals surface area contributed by atoms with Crippen molar-refractivity contribution in [2.24, 2.45) is 0 Å². The van der Waals surface area contributed by atoms with Crippen molar-refractivity contribution in [3.63, 3.8) is 0 Å². The van der Waals surface area contributed by atoms with Crippen LogP contribution in [0.15, 0.2) is 36.4 Å². The van der Waals surface area contributed by atoms with Gasteiger partial charge in [-0.1, -0.05) is 23.2 Å². The quantitative estimate of drug-likeness (QED) is 0.845. The molecular formula is C15H13Cl2FN2O. The van der Waals surface area contributed by atoms with E-state index in [1.165, 1.54) is 0 Å². The largest absolute Gasteiger partial charge is 0.385 e. The second kappa shape index (κ2) is 6.78. The second-order valence-corrected chi connectivity index (χ2v) is 5.12. The summed E-state index contributed by atoms with van der Waals surface area (Å²) in [5.41, 5.74) is 1.57. The van der Waals surface area contributed by atoms with E-state index in [2.05, 4.69) is 10.6 Å². The second-order valence-electron chi connectivity index (χ2n) is 4.31. The number of benzene rings is 2. The first-order valence-corrected chi connectivity index (χ1v) is 7.06. The van der Waals surface area contributed by atoms with Crippen molar-refractivity contribution in [2.45, 2.75) is 6.92 Å². The van der Waals surface area contributed by atoms with E-state index in [9.17, 15) is 9.18 Å². The highest BCUT2D eigenvalue weighted by atomic mass is 35.5. The number of nitrogens with one attached hydrogen (secondary N) is 2. The van der Waals surface area contributed by atoms with E-state index in [0.717, 1.165) is 24.4 Å². The third kappa shape index (κ3) is 3.86. The van der Waals surface area contributed by atoms with Gasteiger partial charge in [-0.2, -0.15) is 0 Å². The van der Waals surface area contributed by atoms with Gasteiger partial charge in [-0.3, -0.25) is 4.79 Å². The van der Waals surface area contributed by atoms with Crippen molar-refractivity contribution in [1.82, 2.24) is 0 Å². The van der Waals surface area contributed by atoms with Crippen LogP contribution in [0, 0.1) is 5.82 Å². The van der Waals surface area contributed by atoms with Gasteiger partial charge < -0.3 is 10.6 Å². The van der Waals surface area contributed by atoms with Crippen molar-refractivity contribution in [3.05, 3.63) is 57.8 Å². The van der Waals surface area contributed by atoms with E-state index < -0.39 is 5.82 Å². The number of hydrogen-bond acceptors (Lipinski definition) is 2. The molecule has 2 N–H and O–H groups in total. The summed E-state index contributed by atoms with van der Waals surface area (Å²) < 4.78 is 13.1. The van der Waals surface area contributed by atoms with Crippen molar-refractivity contribution in [3.8, 4) is 0 Å². The average Bonchev–Trinajstić information content (AvgIpc) is 2.43. The van der Waals surface area contributed by atoms with Crippen LogP contribution in [0.2, 0.25) is 10.0 Å². The number of amides is 1. The molecule has 0 fully saturated rings. The first kappa shape index (κ1) is 15.6. The number of anilines is 2. The summed E-state index contributed by atoms with van der Waals surface area (Å²) in [4.78, 5) is 12.1. The van der Waals surface area contributed by atoms with Gasteiger partial charge in [0, 0.05) is 17.8 Å². The number of halogens is 3. The summed E-state index contributed by atoms with van der Waals surface area (Å²) >= 11 is 11.8. The third-order valence-electron chi connectivity index (χ3n) is 2.77. The molecule has 0 unspecified atom stereocenters. The lowest BCUT2D eigenvalue weighted by Gasteiger charge is -2.10. The summed E-state index contributed by atoms with van der Waals surface area (Å²) in [6.45, 7) is 2.78. The molecule has 110 valence electrons. The predicted molar refractivity (Wildman–Crippen MR) is 85.0 cm³/mol. The lowest BCUT2D eigenvalue weighted by Crippen LogP contribution is -2.12. The summed E-state index contributed by atoms with van der Waals surface area (Å²) in [6.07, 6.45) is 0. The van der Waals surface area contributed by atoms with Gasteiger partial charge in [0.2, 0.25) is 0 Å². The van der Waals surface area contributed by atoms with Crippen LogP contribution in [-0.4, -0.2) is 12.5 Å². The Kier molecular flexibility index (Phi) is 5.04. The predicted octanol–water partition coefficient (Wildman–Crippen LogP) is 4.82. The van der Waals surface area contributed by atoms with Crippen LogP contribution in [0.4, 0.5) is 15.8 Å². The summed E-state index contributed by atoms with van der Waals surface area (Å²) in [5.74, 6) is -0.925. The van der Waals surface area contributed by atoms with E-state index in [1.54, 1.807) is 24.3 Å². The molecule has 0 saturated carbocycles. The number of carbonyl (C=O) groups is 1. The lowest BCUT2D eigenvalue weighted by atomic mass is 10.2. The molecule has 6 heteroatoms. The highest BCUT2D eigenvalue weighted by Gasteiger charge is 2.13. The molecule has 0 radical (unpaired) electrons. The Labute approximate surface area is 132 Å². The van der Waals surface area contributed by atoms with Gasteiger partial charge in [-0.15, -0.1) is 0 Å². The zero-order valence-electron chi connectivity index (χ0n) is 11.2. The molecule has 0 atom stereocenters. The minimum absolute atomic E-state index is 0.0534. The van der Waals surface area contributed by atoms with Crippen molar-refractivity contribution >= 4 is 40.5 Å². The Morgan fingerprint density at radius 1 is 1.14 bits per heavy atom. The molecule has 1 amide bonds. The Morgan fingerprint density at radius 2 is 1.71 bits per heavy atom. The van der Waals surface area contributed by atoms with Crippen LogP contribution in [0.25, 0.3) is 0 Å². The molecule has 2 aromatic rings. The van der Waals surface area contributed by atoms with Gasteiger partial charge in [-0.05, 0) is 43.3 Å². The molecule has 0 spiro atoms. The van der Waals surface area contributed by atoms with E-state index in [-0.39, 0.29) is 21.6 Å². The van der Waals surface area contributed by atoms with Crippen molar-refractivity contribution in [2.75, 3.05) is 17.2 Å². The van der Waals surface area contributed by atoms with Crippen molar-refractivity contribution in [1.29, 1.82) is 0 Å². The maximum atomic E-state index is 13.1. The molecule has 0 aliphatic carbocycles. The SMILES string of the molecule is CCNc1ccc(C(=O)Nc2c(Cl)cc(F)cc2Cl)cc1. The molecule has 0 aliphatic heterocycles. The van der Waals surface area contributed by atoms with Gasteiger partial charge in [0.1, 0.15) is 5.82 Å². The van der Waals surface area contributed by atoms with E-state index in [0.29, 0.717) is 5.56 Å². The number of rotatable bonds is 4. The maximum Gasteiger partial charge on any atom is 0.255 e. The summed E-state index contributed by atoms with van der Waals surface area (Å²) in [5, 5.41) is 5.82. The molecular weight excluding hydrogens is 314 g/mol. The first-order chi connectivity index (χ1) is 10.0. The number of carbonyl (C=O) groups excluding carboxylic acids is 1. The fraction of sp³-hybridized carbons (Fsp3) is 0.133. The Balaban J connectivity index is 2.18. The first-order valence-electron chi connectivity index (χ1n) is 6.31. The molecule has 0 aromatic heterocycles. The van der Waals surface area contributed by atoms with Gasteiger partial charge in [0.25, 0.3) is 5.91 Å². The van der Waals surface area contributed by atoms with E-state index in [4.69, 9.17) is 23.2 Å². The molecule has 0 saturated heterocycles. The molecule has 2 aromatic carbocycles. The summed E-state index contributed by atoms with van der Waals surface area (Å²) in [6, 6.07) is 9.14. The highest BCUT2D eigenvalue weighted by Crippen LogP contribution is 2.31. The van der Waals surface area contributed by atoms with Gasteiger partial charge in [-0.25, -0.2) is 4.39 Å². The normalized spacial score (nSPS) is 10.3. The van der Waals surface area contributed by atoms with Crippen molar-refractivity contribution < 1.29 is 9.18 Å². The Morgan fingerprint density at radius 3 is 2.24 bits per heavy atom. The van der Waals surface area contributed by atoms with E-state index >= 15 is 0 Å². The topological polar surface area (TPSA) is 41.1 Å². The molecule has 21 heavy (non-hydrogen) atoms. The van der Waals surface area contributed by atoms with Crippen LogP contribution >= 0.6 is 23.2 Å². The Hall–Kier alpha value is -1.78. The zero-order valence-corrected chi connectivity index (χ0v) is 12.7. The average molecular weight is 327 g/mol. The minimum Gasteiger partial charge on any atom is -0.385 e. The van der Waals surface area contributed by atoms with E-state index in [1.807, 2.05) is 6.92 Å². The van der Waals surface area contributed by atoms with Gasteiger partial charge >= 0.3 is 0 Å². The third-order valence-corrected chi connectivity index (χ3v) is 3.37. The van der Waals surface area contributed by atoms with Crippen LogP contribution in [0.3, 0.4) is 0 Å². The standard InChI is InChI=1S/C15H13Cl2FN2O/c1-2-19-11-5-3-9(4-6-11)15(21)20-14-12(16)7-10(18)8-13(14)17/h3-8,19H,2H2,1H3,(H,20,21). The van der Waals surface area contributed by atoms with Crippen LogP contribution in [-0.2, 0) is 0 Å². The highest BCUT2D eigenvalue weighted by molar-refractivity contribution is 6.40. The molecule has 0 heterocycles. The zero-order chi connectivity index (χ0) is 15.4. The van der Waals surface area contributed by atoms with Gasteiger partial charge in [0.05, 0.1) is 15.7 Å². The number of hydrogen-bond donors (Lipinski definition) is 2. The molecule has 0 bridgehead atoms. The lowest BCUT2D eigenvalue weighted by molar-refractivity contribution is 0.102. The molecule has 3 nitrogen and oxygen atoms in total. The van der Waals surface area contributed by atoms with Crippen LogP contribution < -0.4 is 10.6 Å². The fourth-order valence-corrected chi connectivity index (χ4v) is 2.35. The minimum atomic E-state index is -0.557.